The summed E-state index contributed by atoms with van der Waals surface area (Å²) < 4.78 is 5.22. The van der Waals surface area contributed by atoms with Gasteiger partial charge in [-0.05, 0) is 36.9 Å². The van der Waals surface area contributed by atoms with Crippen LogP contribution in [0.3, 0.4) is 0 Å². The van der Waals surface area contributed by atoms with Crippen molar-refractivity contribution in [2.75, 3.05) is 32.1 Å². The number of aliphatic imine (C=N–C) groups is 1. The molecule has 5 nitrogen and oxygen atoms in total. The Morgan fingerprint density at radius 3 is 2.58 bits per heavy atom. The third-order valence-corrected chi connectivity index (χ3v) is 4.64. The highest BCUT2D eigenvalue weighted by molar-refractivity contribution is 6.31. The van der Waals surface area contributed by atoms with Gasteiger partial charge >= 0.3 is 0 Å². The number of halogens is 1. The zero-order valence-corrected chi connectivity index (χ0v) is 16.3. The number of hydrogen-bond donors (Lipinski definition) is 2. The molecule has 0 aliphatic carbocycles. The van der Waals surface area contributed by atoms with Crippen molar-refractivity contribution in [2.45, 2.75) is 19.9 Å². The molecule has 0 fully saturated rings. The van der Waals surface area contributed by atoms with Gasteiger partial charge in [-0.15, -0.1) is 0 Å². The Bertz CT molecular complexity index is 731. The summed E-state index contributed by atoms with van der Waals surface area (Å²) in [6.07, 6.45) is 0. The Balaban J connectivity index is 2.16. The van der Waals surface area contributed by atoms with Gasteiger partial charge in [0.15, 0.2) is 5.96 Å². The number of likely N-dealkylation sites (N-methyl/N-ethyl adjacent to an activating group) is 1. The summed E-state index contributed by atoms with van der Waals surface area (Å²) in [6, 6.07) is 15.5. The van der Waals surface area contributed by atoms with Crippen LogP contribution in [0.5, 0.6) is 5.75 Å². The number of benzene rings is 2. The molecule has 0 aliphatic rings. The summed E-state index contributed by atoms with van der Waals surface area (Å²) in [5, 5.41) is 3.86. The van der Waals surface area contributed by atoms with Gasteiger partial charge in [0, 0.05) is 16.8 Å². The fourth-order valence-electron chi connectivity index (χ4n) is 2.89. The molecule has 1 atom stereocenters. The normalized spacial score (nSPS) is 12.9. The van der Waals surface area contributed by atoms with Gasteiger partial charge in [-0.1, -0.05) is 49.7 Å². The molecule has 0 saturated carbocycles. The van der Waals surface area contributed by atoms with Gasteiger partial charge in [-0.25, -0.2) is 0 Å². The Hall–Kier alpha value is -2.24. The van der Waals surface area contributed by atoms with Gasteiger partial charge in [-0.2, -0.15) is 0 Å². The van der Waals surface area contributed by atoms with E-state index in [0.29, 0.717) is 12.5 Å². The number of hydrogen-bond acceptors (Lipinski definition) is 3. The largest absolute Gasteiger partial charge is 0.497 e. The van der Waals surface area contributed by atoms with Crippen LogP contribution >= 0.6 is 11.6 Å². The summed E-state index contributed by atoms with van der Waals surface area (Å²) >= 11 is 6.42. The lowest BCUT2D eigenvalue weighted by Gasteiger charge is -2.29. The lowest BCUT2D eigenvalue weighted by Crippen LogP contribution is -2.32. The number of rotatable bonds is 8. The van der Waals surface area contributed by atoms with E-state index in [0.717, 1.165) is 35.1 Å². The first kappa shape index (κ1) is 20.1. The Kier molecular flexibility index (Phi) is 7.75. The number of anilines is 1. The topological polar surface area (TPSA) is 62.9 Å². The monoisotopic (exact) mass is 374 g/mol. The van der Waals surface area contributed by atoms with Crippen molar-refractivity contribution in [1.29, 1.82) is 0 Å². The first-order valence-corrected chi connectivity index (χ1v) is 9.16. The zero-order chi connectivity index (χ0) is 18.9. The molecule has 3 N–H and O–H groups in total. The van der Waals surface area contributed by atoms with Gasteiger partial charge in [-0.3, -0.25) is 9.89 Å². The number of ether oxygens (including phenoxy) is 1. The van der Waals surface area contributed by atoms with Crippen LogP contribution in [-0.2, 0) is 0 Å². The van der Waals surface area contributed by atoms with E-state index in [1.165, 1.54) is 0 Å². The Labute approximate surface area is 160 Å². The number of nitrogens with two attached hydrogens (primary N) is 1. The van der Waals surface area contributed by atoms with E-state index >= 15 is 0 Å². The summed E-state index contributed by atoms with van der Waals surface area (Å²) in [5.74, 6) is 1.13. The van der Waals surface area contributed by atoms with Crippen LogP contribution in [0.1, 0.15) is 25.5 Å². The summed E-state index contributed by atoms with van der Waals surface area (Å²) in [6.45, 7) is 6.61. The van der Waals surface area contributed by atoms with Gasteiger partial charge < -0.3 is 15.8 Å². The first-order chi connectivity index (χ1) is 12.6. The minimum atomic E-state index is 0.0735. The fraction of sp³-hybridized carbons (Fsp3) is 0.350. The Morgan fingerprint density at radius 2 is 1.92 bits per heavy atom. The molecule has 0 aromatic heterocycles. The van der Waals surface area contributed by atoms with E-state index in [1.54, 1.807) is 7.11 Å². The molecule has 0 spiro atoms. The minimum absolute atomic E-state index is 0.0735. The van der Waals surface area contributed by atoms with E-state index in [4.69, 9.17) is 22.1 Å². The second-order valence-corrected chi connectivity index (χ2v) is 6.25. The molecular formula is C20H27ClN4O. The van der Waals surface area contributed by atoms with Crippen molar-refractivity contribution in [2.24, 2.45) is 10.7 Å². The molecule has 2 aromatic rings. The predicted molar refractivity (Wildman–Crippen MR) is 110 cm³/mol. The predicted octanol–water partition coefficient (Wildman–Crippen LogP) is 4.16. The number of guanidine groups is 1. The van der Waals surface area contributed by atoms with Crippen LogP contribution in [0.15, 0.2) is 53.5 Å². The van der Waals surface area contributed by atoms with Crippen LogP contribution in [0.4, 0.5) is 5.69 Å². The lowest BCUT2D eigenvalue weighted by molar-refractivity contribution is 0.224. The van der Waals surface area contributed by atoms with Gasteiger partial charge in [0.2, 0.25) is 0 Å². The van der Waals surface area contributed by atoms with Crippen molar-refractivity contribution in [1.82, 2.24) is 4.90 Å². The van der Waals surface area contributed by atoms with Crippen LogP contribution in [0.25, 0.3) is 0 Å². The summed E-state index contributed by atoms with van der Waals surface area (Å²) in [5.41, 5.74) is 7.99. The Morgan fingerprint density at radius 1 is 1.19 bits per heavy atom. The van der Waals surface area contributed by atoms with Crippen molar-refractivity contribution >= 4 is 23.2 Å². The van der Waals surface area contributed by atoms with Crippen molar-refractivity contribution in [3.05, 3.63) is 59.1 Å². The molecule has 26 heavy (non-hydrogen) atoms. The SMILES string of the molecule is CCN(CC)C(CN=C(N)Nc1cccc(OC)c1)c1ccccc1Cl. The molecule has 2 rings (SSSR count). The highest BCUT2D eigenvalue weighted by Gasteiger charge is 2.20. The maximum Gasteiger partial charge on any atom is 0.193 e. The van der Waals surface area contributed by atoms with E-state index < -0.39 is 0 Å². The van der Waals surface area contributed by atoms with E-state index in [9.17, 15) is 0 Å². The quantitative estimate of drug-likeness (QED) is 0.538. The van der Waals surface area contributed by atoms with Crippen LogP contribution in [0.2, 0.25) is 5.02 Å². The average molecular weight is 375 g/mol. The summed E-state index contributed by atoms with van der Waals surface area (Å²) in [4.78, 5) is 6.87. The van der Waals surface area contributed by atoms with Gasteiger partial charge in [0.25, 0.3) is 0 Å². The fourth-order valence-corrected chi connectivity index (χ4v) is 3.15. The number of nitrogens with one attached hydrogen (secondary N) is 1. The molecule has 0 bridgehead atoms. The van der Waals surface area contributed by atoms with Crippen molar-refractivity contribution in [3.8, 4) is 5.75 Å². The van der Waals surface area contributed by atoms with Crippen LogP contribution in [0, 0.1) is 0 Å². The van der Waals surface area contributed by atoms with Crippen molar-refractivity contribution < 1.29 is 4.74 Å². The van der Waals surface area contributed by atoms with Gasteiger partial charge in [0.05, 0.1) is 19.7 Å². The maximum absolute atomic E-state index is 6.42. The first-order valence-electron chi connectivity index (χ1n) is 8.78. The van der Waals surface area contributed by atoms with Crippen LogP contribution in [-0.4, -0.2) is 37.6 Å². The molecule has 6 heteroatoms. The molecular weight excluding hydrogens is 348 g/mol. The highest BCUT2D eigenvalue weighted by atomic mass is 35.5. The number of nitrogens with zero attached hydrogens (tertiary/aromatic N) is 2. The third kappa shape index (κ3) is 5.38. The average Bonchev–Trinajstić information content (AvgIpc) is 2.66. The molecule has 0 aliphatic heterocycles. The van der Waals surface area contributed by atoms with Gasteiger partial charge in [0.1, 0.15) is 5.75 Å². The molecule has 1 unspecified atom stereocenters. The minimum Gasteiger partial charge on any atom is -0.497 e. The molecule has 2 aromatic carbocycles. The second kappa shape index (κ2) is 10.0. The smallest absolute Gasteiger partial charge is 0.193 e. The van der Waals surface area contributed by atoms with Crippen LogP contribution < -0.4 is 15.8 Å². The third-order valence-electron chi connectivity index (χ3n) is 4.29. The molecule has 0 heterocycles. The van der Waals surface area contributed by atoms with E-state index in [1.807, 2.05) is 48.5 Å². The van der Waals surface area contributed by atoms with E-state index in [2.05, 4.69) is 29.1 Å². The molecule has 0 radical (unpaired) electrons. The highest BCUT2D eigenvalue weighted by Crippen LogP contribution is 2.27. The van der Waals surface area contributed by atoms with Crippen molar-refractivity contribution in [3.63, 3.8) is 0 Å². The summed E-state index contributed by atoms with van der Waals surface area (Å²) in [7, 11) is 1.63. The lowest BCUT2D eigenvalue weighted by atomic mass is 10.1. The maximum atomic E-state index is 6.42. The molecule has 140 valence electrons. The number of methoxy groups -OCH3 is 1. The molecule has 0 amide bonds. The zero-order valence-electron chi connectivity index (χ0n) is 15.6. The molecule has 0 saturated heterocycles. The standard InChI is InChI=1S/C20H27ClN4O/c1-4-25(5-2)19(17-11-6-7-12-18(17)21)14-23-20(22)24-15-9-8-10-16(13-15)26-3/h6-13,19H,4-5,14H2,1-3H3,(H3,22,23,24). The second-order valence-electron chi connectivity index (χ2n) is 5.84. The van der Waals surface area contributed by atoms with E-state index in [-0.39, 0.29) is 6.04 Å².